The molecule has 1 heterocycles. The molecule has 0 aliphatic carbocycles. The molecule has 1 aromatic rings. The van der Waals surface area contributed by atoms with Crippen molar-refractivity contribution in [2.24, 2.45) is 5.92 Å². The van der Waals surface area contributed by atoms with Crippen molar-refractivity contribution < 1.29 is 9.53 Å². The molecule has 1 amide bonds. The number of anilines is 1. The Morgan fingerprint density at radius 2 is 2.40 bits per heavy atom. The summed E-state index contributed by atoms with van der Waals surface area (Å²) in [5.41, 5.74) is 0.788. The summed E-state index contributed by atoms with van der Waals surface area (Å²) in [6, 6.07) is 7.48. The summed E-state index contributed by atoms with van der Waals surface area (Å²) >= 11 is 1.74. The molecule has 1 fully saturated rings. The van der Waals surface area contributed by atoms with Gasteiger partial charge in [0.05, 0.1) is 12.6 Å². The minimum Gasteiger partial charge on any atom is -0.494 e. The van der Waals surface area contributed by atoms with E-state index < -0.39 is 0 Å². The van der Waals surface area contributed by atoms with Crippen LogP contribution in [0.15, 0.2) is 24.3 Å². The number of amides is 1. The SMILES string of the molecule is CC(C)CCOc1cccc(NC(=O)C2CSCN2)c1. The van der Waals surface area contributed by atoms with Gasteiger partial charge in [-0.25, -0.2) is 0 Å². The Kier molecular flexibility index (Phi) is 5.73. The average molecular weight is 294 g/mol. The highest BCUT2D eigenvalue weighted by Gasteiger charge is 2.22. The van der Waals surface area contributed by atoms with Gasteiger partial charge >= 0.3 is 0 Å². The summed E-state index contributed by atoms with van der Waals surface area (Å²) in [4.78, 5) is 12.0. The summed E-state index contributed by atoms with van der Waals surface area (Å²) in [7, 11) is 0. The molecule has 1 unspecified atom stereocenters. The number of hydrogen-bond donors (Lipinski definition) is 2. The summed E-state index contributed by atoms with van der Waals surface area (Å²) < 4.78 is 5.69. The highest BCUT2D eigenvalue weighted by atomic mass is 32.2. The van der Waals surface area contributed by atoms with Crippen LogP contribution in [0.4, 0.5) is 5.69 Å². The Balaban J connectivity index is 1.86. The summed E-state index contributed by atoms with van der Waals surface area (Å²) in [5, 5.41) is 6.09. The molecular weight excluding hydrogens is 272 g/mol. The number of carbonyl (C=O) groups is 1. The minimum atomic E-state index is -0.0921. The van der Waals surface area contributed by atoms with Crippen LogP contribution in [0.1, 0.15) is 20.3 Å². The third-order valence-corrected chi connectivity index (χ3v) is 4.04. The van der Waals surface area contributed by atoms with E-state index in [0.717, 1.165) is 29.5 Å². The normalized spacial score (nSPS) is 18.2. The maximum Gasteiger partial charge on any atom is 0.242 e. The second kappa shape index (κ2) is 7.55. The van der Waals surface area contributed by atoms with E-state index in [0.29, 0.717) is 12.5 Å². The quantitative estimate of drug-likeness (QED) is 0.847. The van der Waals surface area contributed by atoms with Gasteiger partial charge in [-0.2, -0.15) is 0 Å². The fraction of sp³-hybridized carbons (Fsp3) is 0.533. The largest absolute Gasteiger partial charge is 0.494 e. The third kappa shape index (κ3) is 4.72. The molecule has 4 nitrogen and oxygen atoms in total. The predicted octanol–water partition coefficient (Wildman–Crippen LogP) is 2.71. The molecular formula is C15H22N2O2S. The van der Waals surface area contributed by atoms with Crippen LogP contribution in [0.3, 0.4) is 0 Å². The molecule has 2 N–H and O–H groups in total. The molecule has 2 rings (SSSR count). The standard InChI is InChI=1S/C15H22N2O2S/c1-11(2)6-7-19-13-5-3-4-12(8-13)17-15(18)14-9-20-10-16-14/h3-5,8,11,14,16H,6-7,9-10H2,1-2H3,(H,17,18). The van der Waals surface area contributed by atoms with Crippen LogP contribution in [0.5, 0.6) is 5.75 Å². The first-order chi connectivity index (χ1) is 9.65. The molecule has 1 atom stereocenters. The molecule has 110 valence electrons. The maximum atomic E-state index is 12.0. The predicted molar refractivity (Wildman–Crippen MR) is 84.3 cm³/mol. The first-order valence-corrected chi connectivity index (χ1v) is 8.15. The maximum absolute atomic E-state index is 12.0. The molecule has 1 aromatic carbocycles. The smallest absolute Gasteiger partial charge is 0.242 e. The van der Waals surface area contributed by atoms with Crippen molar-refractivity contribution in [1.82, 2.24) is 5.32 Å². The van der Waals surface area contributed by atoms with E-state index in [-0.39, 0.29) is 11.9 Å². The van der Waals surface area contributed by atoms with E-state index in [9.17, 15) is 4.79 Å². The average Bonchev–Trinajstić information content (AvgIpc) is 2.92. The van der Waals surface area contributed by atoms with E-state index >= 15 is 0 Å². The zero-order valence-corrected chi connectivity index (χ0v) is 12.8. The summed E-state index contributed by atoms with van der Waals surface area (Å²) in [6.45, 7) is 5.05. The molecule has 0 aromatic heterocycles. The van der Waals surface area contributed by atoms with Gasteiger partial charge < -0.3 is 10.1 Å². The lowest BCUT2D eigenvalue weighted by atomic mass is 10.1. The Morgan fingerprint density at radius 3 is 3.10 bits per heavy atom. The lowest BCUT2D eigenvalue weighted by Gasteiger charge is -2.12. The van der Waals surface area contributed by atoms with Gasteiger partial charge in [-0.3, -0.25) is 10.1 Å². The second-order valence-electron chi connectivity index (χ2n) is 5.32. The molecule has 20 heavy (non-hydrogen) atoms. The number of carbonyl (C=O) groups excluding carboxylic acids is 1. The van der Waals surface area contributed by atoms with Gasteiger partial charge in [-0.1, -0.05) is 19.9 Å². The van der Waals surface area contributed by atoms with Crippen LogP contribution in [0.25, 0.3) is 0 Å². The molecule has 5 heteroatoms. The van der Waals surface area contributed by atoms with Gasteiger partial charge in [0.15, 0.2) is 0 Å². The first kappa shape index (κ1) is 15.2. The van der Waals surface area contributed by atoms with Gasteiger partial charge in [-0.05, 0) is 24.5 Å². The van der Waals surface area contributed by atoms with Crippen LogP contribution >= 0.6 is 11.8 Å². The number of hydrogen-bond acceptors (Lipinski definition) is 4. The van der Waals surface area contributed by atoms with Crippen LogP contribution in [-0.2, 0) is 4.79 Å². The van der Waals surface area contributed by atoms with Gasteiger partial charge in [0, 0.05) is 23.4 Å². The molecule has 1 aliphatic heterocycles. The third-order valence-electron chi connectivity index (χ3n) is 3.10. The van der Waals surface area contributed by atoms with Crippen molar-refractivity contribution in [1.29, 1.82) is 0 Å². The van der Waals surface area contributed by atoms with E-state index in [2.05, 4.69) is 24.5 Å². The Bertz CT molecular complexity index is 445. The van der Waals surface area contributed by atoms with Crippen molar-refractivity contribution in [3.8, 4) is 5.75 Å². The first-order valence-electron chi connectivity index (χ1n) is 7.00. The minimum absolute atomic E-state index is 0.0225. The van der Waals surface area contributed by atoms with Crippen LogP contribution in [-0.4, -0.2) is 30.2 Å². The van der Waals surface area contributed by atoms with Crippen molar-refractivity contribution in [3.05, 3.63) is 24.3 Å². The van der Waals surface area contributed by atoms with Gasteiger partial charge in [-0.15, -0.1) is 11.8 Å². The zero-order valence-electron chi connectivity index (χ0n) is 12.0. The molecule has 0 spiro atoms. The highest BCUT2D eigenvalue weighted by molar-refractivity contribution is 7.99. The number of benzene rings is 1. The van der Waals surface area contributed by atoms with Crippen molar-refractivity contribution in [3.63, 3.8) is 0 Å². The molecule has 0 radical (unpaired) electrons. The summed E-state index contributed by atoms with van der Waals surface area (Å²) in [5.74, 6) is 3.13. The van der Waals surface area contributed by atoms with Gasteiger partial charge in [0.1, 0.15) is 5.75 Å². The topological polar surface area (TPSA) is 50.4 Å². The lowest BCUT2D eigenvalue weighted by molar-refractivity contribution is -0.117. The molecule has 0 bridgehead atoms. The van der Waals surface area contributed by atoms with E-state index in [1.165, 1.54) is 0 Å². The van der Waals surface area contributed by atoms with E-state index in [1.54, 1.807) is 11.8 Å². The van der Waals surface area contributed by atoms with Crippen molar-refractivity contribution in [2.75, 3.05) is 23.6 Å². The summed E-state index contributed by atoms with van der Waals surface area (Å²) in [6.07, 6.45) is 1.03. The lowest BCUT2D eigenvalue weighted by Crippen LogP contribution is -2.37. The molecule has 1 aliphatic rings. The van der Waals surface area contributed by atoms with Crippen molar-refractivity contribution in [2.45, 2.75) is 26.3 Å². The van der Waals surface area contributed by atoms with Crippen LogP contribution in [0.2, 0.25) is 0 Å². The van der Waals surface area contributed by atoms with E-state index in [1.807, 2.05) is 24.3 Å². The van der Waals surface area contributed by atoms with Gasteiger partial charge in [0.25, 0.3) is 0 Å². The Hall–Kier alpha value is -1.20. The molecule has 0 saturated carbocycles. The number of ether oxygens (including phenoxy) is 1. The Morgan fingerprint density at radius 1 is 1.55 bits per heavy atom. The number of thioether (sulfide) groups is 1. The van der Waals surface area contributed by atoms with Crippen molar-refractivity contribution >= 4 is 23.4 Å². The fourth-order valence-electron chi connectivity index (χ4n) is 1.87. The molecule has 1 saturated heterocycles. The Labute approximate surface area is 124 Å². The highest BCUT2D eigenvalue weighted by Crippen LogP contribution is 2.19. The van der Waals surface area contributed by atoms with Crippen LogP contribution < -0.4 is 15.4 Å². The number of rotatable bonds is 6. The van der Waals surface area contributed by atoms with Crippen LogP contribution in [0, 0.1) is 5.92 Å². The van der Waals surface area contributed by atoms with Gasteiger partial charge in [0.2, 0.25) is 5.91 Å². The monoisotopic (exact) mass is 294 g/mol. The second-order valence-corrected chi connectivity index (χ2v) is 6.35. The zero-order chi connectivity index (χ0) is 14.4. The number of nitrogens with one attached hydrogen (secondary N) is 2. The fourth-order valence-corrected chi connectivity index (χ4v) is 2.81. The van der Waals surface area contributed by atoms with E-state index in [4.69, 9.17) is 4.74 Å².